The normalized spacial score (nSPS) is 13.2. The quantitative estimate of drug-likeness (QED) is 0.541. The second kappa shape index (κ2) is 11.1. The first-order valence-electron chi connectivity index (χ1n) is 7.54. The van der Waals surface area contributed by atoms with Gasteiger partial charge in [0.1, 0.15) is 5.67 Å². The summed E-state index contributed by atoms with van der Waals surface area (Å²) in [7, 11) is -2.96. The molecule has 120 valence electrons. The number of urea groups is 1. The van der Waals surface area contributed by atoms with Crippen LogP contribution in [0.2, 0.25) is 0 Å². The predicted molar refractivity (Wildman–Crippen MR) is 81.3 cm³/mol. The average Bonchev–Trinajstić information content (AvgIpc) is 2.44. The smallest absolute Gasteiger partial charge is 0.372 e. The van der Waals surface area contributed by atoms with E-state index in [2.05, 4.69) is 5.32 Å². The van der Waals surface area contributed by atoms with Gasteiger partial charge in [-0.3, -0.25) is 0 Å². The summed E-state index contributed by atoms with van der Waals surface area (Å²) >= 11 is 0. The first kappa shape index (κ1) is 19.4. The Morgan fingerprint density at radius 1 is 1.00 bits per heavy atom. The molecule has 1 atom stereocenters. The molecular weight excluding hydrogens is 276 g/mol. The van der Waals surface area contributed by atoms with Gasteiger partial charge in [-0.05, 0) is 25.7 Å². The number of primary amides is 1. The van der Waals surface area contributed by atoms with Crippen LogP contribution in [-0.2, 0) is 13.3 Å². The van der Waals surface area contributed by atoms with Crippen LogP contribution in [0.3, 0.4) is 0 Å². The molecule has 0 saturated carbocycles. The van der Waals surface area contributed by atoms with Crippen LogP contribution in [0.25, 0.3) is 0 Å². The number of nitrogens with one attached hydrogen (secondary N) is 1. The standard InChI is InChI=1S/C13H30N2O4Si/c1-5-9-17-20(18-10-6-2,19-11-7-3)12(8-4)15-13(14)16/h12H,5-11H2,1-4H3,(H3,14,15,16). The molecule has 0 radical (unpaired) electrons. The van der Waals surface area contributed by atoms with Gasteiger partial charge in [-0.15, -0.1) is 0 Å². The number of amides is 2. The van der Waals surface area contributed by atoms with Crippen LogP contribution in [0, 0.1) is 0 Å². The molecule has 0 bridgehead atoms. The summed E-state index contributed by atoms with van der Waals surface area (Å²) in [4.78, 5) is 11.2. The Morgan fingerprint density at radius 2 is 1.40 bits per heavy atom. The second-order valence-electron chi connectivity index (χ2n) is 4.62. The number of nitrogens with two attached hydrogens (primary N) is 1. The van der Waals surface area contributed by atoms with E-state index in [-0.39, 0.29) is 5.67 Å². The van der Waals surface area contributed by atoms with Crippen LogP contribution in [-0.4, -0.2) is 40.3 Å². The summed E-state index contributed by atoms with van der Waals surface area (Å²) in [6.07, 6.45) is 3.26. The fraction of sp³-hybridized carbons (Fsp3) is 0.923. The number of rotatable bonds is 12. The Kier molecular flexibility index (Phi) is 10.7. The number of carbonyl (C=O) groups is 1. The first-order valence-corrected chi connectivity index (χ1v) is 9.34. The van der Waals surface area contributed by atoms with Gasteiger partial charge in [0, 0.05) is 19.8 Å². The van der Waals surface area contributed by atoms with Gasteiger partial charge in [0.15, 0.2) is 0 Å². The topological polar surface area (TPSA) is 82.8 Å². The third-order valence-corrected chi connectivity index (χ3v) is 5.90. The molecule has 0 rings (SSSR count). The molecule has 0 saturated heterocycles. The molecule has 0 aliphatic heterocycles. The van der Waals surface area contributed by atoms with E-state index >= 15 is 0 Å². The van der Waals surface area contributed by atoms with E-state index in [0.717, 1.165) is 19.3 Å². The Balaban J connectivity index is 5.10. The van der Waals surface area contributed by atoms with E-state index in [4.69, 9.17) is 19.0 Å². The van der Waals surface area contributed by atoms with Crippen LogP contribution < -0.4 is 11.1 Å². The van der Waals surface area contributed by atoms with E-state index in [1.807, 2.05) is 27.7 Å². The Bertz CT molecular complexity index is 245. The highest BCUT2D eigenvalue weighted by molar-refractivity contribution is 6.62. The molecule has 0 heterocycles. The largest absolute Gasteiger partial charge is 0.524 e. The fourth-order valence-corrected chi connectivity index (χ4v) is 4.91. The molecule has 7 heteroatoms. The Hall–Kier alpha value is -0.633. The lowest BCUT2D eigenvalue weighted by molar-refractivity contribution is 0.0472. The highest BCUT2D eigenvalue weighted by Crippen LogP contribution is 2.19. The zero-order valence-electron chi connectivity index (χ0n) is 13.2. The minimum absolute atomic E-state index is 0.301. The van der Waals surface area contributed by atoms with E-state index < -0.39 is 14.8 Å². The first-order chi connectivity index (χ1) is 9.56. The summed E-state index contributed by atoms with van der Waals surface area (Å²) < 4.78 is 17.9. The Morgan fingerprint density at radius 3 is 1.65 bits per heavy atom. The van der Waals surface area contributed by atoms with Crippen molar-refractivity contribution < 1.29 is 18.1 Å². The van der Waals surface area contributed by atoms with E-state index in [1.54, 1.807) is 0 Å². The van der Waals surface area contributed by atoms with Crippen LogP contribution >= 0.6 is 0 Å². The molecule has 0 aliphatic rings. The monoisotopic (exact) mass is 306 g/mol. The molecule has 0 aliphatic carbocycles. The van der Waals surface area contributed by atoms with Gasteiger partial charge < -0.3 is 24.3 Å². The summed E-state index contributed by atoms with van der Waals surface area (Å²) in [5.41, 5.74) is 4.96. The molecule has 3 N–H and O–H groups in total. The molecule has 2 amide bonds. The van der Waals surface area contributed by atoms with Gasteiger partial charge in [-0.2, -0.15) is 0 Å². The molecule has 0 spiro atoms. The molecular formula is C13H30N2O4Si. The van der Waals surface area contributed by atoms with Crippen molar-refractivity contribution in [1.29, 1.82) is 0 Å². The molecule has 0 aromatic rings. The highest BCUT2D eigenvalue weighted by atomic mass is 28.4. The van der Waals surface area contributed by atoms with Crippen molar-refractivity contribution in [3.8, 4) is 0 Å². The van der Waals surface area contributed by atoms with Gasteiger partial charge in [0.2, 0.25) is 0 Å². The summed E-state index contributed by atoms with van der Waals surface area (Å²) in [5.74, 6) is 0. The van der Waals surface area contributed by atoms with Crippen molar-refractivity contribution in [3.63, 3.8) is 0 Å². The zero-order valence-corrected chi connectivity index (χ0v) is 14.2. The number of hydrogen-bond acceptors (Lipinski definition) is 4. The van der Waals surface area contributed by atoms with Gasteiger partial charge in [-0.25, -0.2) is 4.79 Å². The molecule has 20 heavy (non-hydrogen) atoms. The van der Waals surface area contributed by atoms with Crippen LogP contribution in [0.15, 0.2) is 0 Å². The summed E-state index contributed by atoms with van der Waals surface area (Å²) in [6.45, 7) is 9.70. The van der Waals surface area contributed by atoms with E-state index in [1.165, 1.54) is 0 Å². The summed E-state index contributed by atoms with van der Waals surface area (Å²) in [6, 6.07) is -0.575. The number of hydrogen-bond donors (Lipinski definition) is 2. The maximum absolute atomic E-state index is 11.2. The minimum Gasteiger partial charge on any atom is -0.372 e. The predicted octanol–water partition coefficient (Wildman–Crippen LogP) is 2.19. The third-order valence-electron chi connectivity index (χ3n) is 2.67. The third kappa shape index (κ3) is 6.69. The molecule has 1 unspecified atom stereocenters. The van der Waals surface area contributed by atoms with Gasteiger partial charge in [-0.1, -0.05) is 27.7 Å². The van der Waals surface area contributed by atoms with Crippen molar-refractivity contribution in [2.24, 2.45) is 5.73 Å². The molecule has 6 nitrogen and oxygen atoms in total. The highest BCUT2D eigenvalue weighted by Gasteiger charge is 2.49. The molecule has 0 aromatic heterocycles. The van der Waals surface area contributed by atoms with Crippen molar-refractivity contribution >= 4 is 14.8 Å². The fourth-order valence-electron chi connectivity index (χ4n) is 1.77. The average molecular weight is 306 g/mol. The number of carbonyl (C=O) groups excluding carboxylic acids is 1. The maximum Gasteiger partial charge on any atom is 0.524 e. The Labute approximate surface area is 123 Å². The molecule has 0 aromatic carbocycles. The lowest BCUT2D eigenvalue weighted by Gasteiger charge is -2.35. The van der Waals surface area contributed by atoms with E-state index in [0.29, 0.717) is 26.2 Å². The zero-order chi connectivity index (χ0) is 15.4. The summed E-state index contributed by atoms with van der Waals surface area (Å²) in [5, 5.41) is 2.72. The van der Waals surface area contributed by atoms with Crippen molar-refractivity contribution in [3.05, 3.63) is 0 Å². The van der Waals surface area contributed by atoms with Crippen LogP contribution in [0.5, 0.6) is 0 Å². The van der Waals surface area contributed by atoms with Crippen molar-refractivity contribution in [1.82, 2.24) is 5.32 Å². The SMILES string of the molecule is CCCO[Si](OCCC)(OCCC)C(CC)NC(N)=O. The van der Waals surface area contributed by atoms with Crippen molar-refractivity contribution in [2.75, 3.05) is 19.8 Å². The van der Waals surface area contributed by atoms with Crippen molar-refractivity contribution in [2.45, 2.75) is 59.0 Å². The van der Waals surface area contributed by atoms with Gasteiger partial charge >= 0.3 is 14.8 Å². The van der Waals surface area contributed by atoms with Gasteiger partial charge in [0.25, 0.3) is 0 Å². The lowest BCUT2D eigenvalue weighted by atomic mass is 10.5. The van der Waals surface area contributed by atoms with Crippen LogP contribution in [0.1, 0.15) is 53.4 Å². The lowest BCUT2D eigenvalue weighted by Crippen LogP contribution is -2.63. The maximum atomic E-state index is 11.2. The molecule has 0 fully saturated rings. The second-order valence-corrected chi connectivity index (χ2v) is 7.39. The van der Waals surface area contributed by atoms with Gasteiger partial charge in [0.05, 0.1) is 0 Å². The van der Waals surface area contributed by atoms with Crippen LogP contribution in [0.4, 0.5) is 4.79 Å². The van der Waals surface area contributed by atoms with E-state index in [9.17, 15) is 4.79 Å². The minimum atomic E-state index is -2.96.